The molecule has 1 rings (SSSR count). The van der Waals surface area contributed by atoms with Crippen molar-refractivity contribution in [2.75, 3.05) is 0 Å². The molecule has 0 radical (unpaired) electrons. The summed E-state index contributed by atoms with van der Waals surface area (Å²) >= 11 is 0. The number of hydrogen-bond acceptors (Lipinski definition) is 1. The number of unbranched alkanes of at least 4 members (excludes halogenated alkanes) is 3. The van der Waals surface area contributed by atoms with Crippen molar-refractivity contribution in [1.29, 1.82) is 0 Å². The highest BCUT2D eigenvalue weighted by Crippen LogP contribution is 2.35. The van der Waals surface area contributed by atoms with Crippen LogP contribution >= 0.6 is 0 Å². The number of benzene rings is 1. The van der Waals surface area contributed by atoms with Crippen LogP contribution in [0, 0.1) is 5.92 Å². The number of rotatable bonds is 13. The molecule has 0 saturated heterocycles. The maximum absolute atomic E-state index is 13.7. The molecule has 30 heavy (non-hydrogen) atoms. The highest BCUT2D eigenvalue weighted by molar-refractivity contribution is 5.91. The lowest BCUT2D eigenvalue weighted by molar-refractivity contribution is -0.138. The number of alkyl halides is 3. The molecule has 1 aromatic rings. The second kappa shape index (κ2) is 13.5. The van der Waals surface area contributed by atoms with Gasteiger partial charge in [-0.3, -0.25) is 4.99 Å². The van der Waals surface area contributed by atoms with E-state index in [0.717, 1.165) is 50.7 Å². The van der Waals surface area contributed by atoms with Gasteiger partial charge in [-0.05, 0) is 49.7 Å². The third-order valence-corrected chi connectivity index (χ3v) is 5.42. The second-order valence-electron chi connectivity index (χ2n) is 7.97. The fraction of sp³-hybridized carbons (Fsp3) is 0.577. The molecule has 0 aliphatic rings. The standard InChI is InChI=1S/C26H38F3N/c1-6-9-11-12-13-14-16-22-17-18-23(19-24(22)26(27,28)29)21(5)30-25(8-3)20(4)15-10-7-2/h12-13,17-20H,5-11,14-16H2,1-4H3/b13-12+,30-25+. The van der Waals surface area contributed by atoms with Crippen molar-refractivity contribution in [3.05, 3.63) is 53.6 Å². The van der Waals surface area contributed by atoms with E-state index >= 15 is 0 Å². The van der Waals surface area contributed by atoms with Gasteiger partial charge >= 0.3 is 6.18 Å². The molecule has 0 aliphatic carbocycles. The molecule has 0 fully saturated rings. The number of hydrogen-bond donors (Lipinski definition) is 0. The van der Waals surface area contributed by atoms with Crippen molar-refractivity contribution >= 4 is 11.4 Å². The van der Waals surface area contributed by atoms with E-state index in [9.17, 15) is 13.2 Å². The van der Waals surface area contributed by atoms with Crippen LogP contribution in [0.4, 0.5) is 13.2 Å². The maximum atomic E-state index is 13.7. The summed E-state index contributed by atoms with van der Waals surface area (Å²) in [5, 5.41) is 0. The quantitative estimate of drug-likeness (QED) is 0.171. The van der Waals surface area contributed by atoms with Gasteiger partial charge in [0.2, 0.25) is 0 Å². The van der Waals surface area contributed by atoms with E-state index in [-0.39, 0.29) is 0 Å². The van der Waals surface area contributed by atoms with Crippen molar-refractivity contribution in [3.63, 3.8) is 0 Å². The zero-order valence-corrected chi connectivity index (χ0v) is 19.1. The van der Waals surface area contributed by atoms with E-state index < -0.39 is 11.7 Å². The largest absolute Gasteiger partial charge is 0.416 e. The van der Waals surface area contributed by atoms with E-state index in [1.54, 1.807) is 12.1 Å². The third-order valence-electron chi connectivity index (χ3n) is 5.42. The Morgan fingerprint density at radius 1 is 1.07 bits per heavy atom. The second-order valence-corrected chi connectivity index (χ2v) is 7.97. The van der Waals surface area contributed by atoms with E-state index in [1.807, 2.05) is 13.0 Å². The van der Waals surface area contributed by atoms with Gasteiger partial charge in [0.25, 0.3) is 0 Å². The van der Waals surface area contributed by atoms with Crippen LogP contribution in [0.3, 0.4) is 0 Å². The summed E-state index contributed by atoms with van der Waals surface area (Å²) in [6.45, 7) is 12.4. The highest BCUT2D eigenvalue weighted by Gasteiger charge is 2.33. The van der Waals surface area contributed by atoms with E-state index in [2.05, 4.69) is 38.4 Å². The van der Waals surface area contributed by atoms with Gasteiger partial charge < -0.3 is 0 Å². The van der Waals surface area contributed by atoms with Gasteiger partial charge in [0, 0.05) is 11.3 Å². The summed E-state index contributed by atoms with van der Waals surface area (Å²) in [6, 6.07) is 4.53. The Morgan fingerprint density at radius 2 is 1.73 bits per heavy atom. The van der Waals surface area contributed by atoms with E-state index in [4.69, 9.17) is 0 Å². The summed E-state index contributed by atoms with van der Waals surface area (Å²) in [4.78, 5) is 4.62. The normalized spacial score (nSPS) is 13.8. The summed E-state index contributed by atoms with van der Waals surface area (Å²) in [5.74, 6) is 0.313. The van der Waals surface area contributed by atoms with Crippen LogP contribution in [0.2, 0.25) is 0 Å². The number of halogens is 3. The molecule has 1 atom stereocenters. The van der Waals surface area contributed by atoms with Crippen LogP contribution in [0.25, 0.3) is 5.70 Å². The first-order valence-electron chi connectivity index (χ1n) is 11.4. The van der Waals surface area contributed by atoms with E-state index in [1.165, 1.54) is 6.07 Å². The minimum absolute atomic E-state index is 0.313. The number of allylic oxidation sites excluding steroid dienone is 2. The first kappa shape index (κ1) is 26.2. The van der Waals surface area contributed by atoms with Gasteiger partial charge in [0.1, 0.15) is 0 Å². The lowest BCUT2D eigenvalue weighted by Crippen LogP contribution is -2.11. The molecule has 0 bridgehead atoms. The average Bonchev–Trinajstić information content (AvgIpc) is 2.71. The predicted molar refractivity (Wildman–Crippen MR) is 124 cm³/mol. The Kier molecular flexibility index (Phi) is 11.8. The van der Waals surface area contributed by atoms with Gasteiger partial charge in [-0.2, -0.15) is 13.2 Å². The first-order chi connectivity index (χ1) is 14.2. The minimum Gasteiger partial charge on any atom is -0.258 e. The molecular weight excluding hydrogens is 383 g/mol. The van der Waals surface area contributed by atoms with Gasteiger partial charge in [-0.25, -0.2) is 0 Å². The van der Waals surface area contributed by atoms with Crippen LogP contribution in [-0.4, -0.2) is 5.71 Å². The summed E-state index contributed by atoms with van der Waals surface area (Å²) < 4.78 is 41.0. The Balaban J connectivity index is 3.02. The highest BCUT2D eigenvalue weighted by atomic mass is 19.4. The summed E-state index contributed by atoms with van der Waals surface area (Å²) in [5.41, 5.74) is 1.61. The fourth-order valence-corrected chi connectivity index (χ4v) is 3.49. The van der Waals surface area contributed by atoms with Gasteiger partial charge in [-0.1, -0.05) is 84.2 Å². The van der Waals surface area contributed by atoms with Crippen LogP contribution in [-0.2, 0) is 12.6 Å². The van der Waals surface area contributed by atoms with Crippen LogP contribution in [0.15, 0.2) is 41.9 Å². The number of aryl methyl sites for hydroxylation is 1. The topological polar surface area (TPSA) is 12.4 Å². The maximum Gasteiger partial charge on any atom is 0.416 e. The molecule has 0 saturated carbocycles. The molecule has 168 valence electrons. The molecular formula is C26H38F3N. The van der Waals surface area contributed by atoms with Crippen molar-refractivity contribution in [2.45, 2.75) is 91.7 Å². The van der Waals surface area contributed by atoms with Crippen molar-refractivity contribution < 1.29 is 13.2 Å². The molecule has 0 aromatic heterocycles. The summed E-state index contributed by atoms with van der Waals surface area (Å²) in [6.07, 6.45) is 7.91. The zero-order chi connectivity index (χ0) is 22.6. The van der Waals surface area contributed by atoms with Gasteiger partial charge in [-0.15, -0.1) is 0 Å². The Labute approximate surface area is 181 Å². The monoisotopic (exact) mass is 421 g/mol. The minimum atomic E-state index is -4.39. The molecule has 0 aliphatic heterocycles. The molecule has 4 heteroatoms. The lowest BCUT2D eigenvalue weighted by atomic mass is 9.96. The van der Waals surface area contributed by atoms with Crippen LogP contribution in [0.5, 0.6) is 0 Å². The van der Waals surface area contributed by atoms with E-state index in [0.29, 0.717) is 35.6 Å². The Hall–Kier alpha value is -1.84. The van der Waals surface area contributed by atoms with Crippen molar-refractivity contribution in [3.8, 4) is 0 Å². The van der Waals surface area contributed by atoms with Crippen molar-refractivity contribution in [1.82, 2.24) is 0 Å². The molecule has 1 nitrogen and oxygen atoms in total. The first-order valence-corrected chi connectivity index (χ1v) is 11.4. The third kappa shape index (κ3) is 8.89. The fourth-order valence-electron chi connectivity index (χ4n) is 3.49. The van der Waals surface area contributed by atoms with Crippen molar-refractivity contribution in [2.24, 2.45) is 10.9 Å². The SMILES string of the molecule is C=C(/N=C(\CC)C(C)CCCC)c1ccc(CC/C=C/CCCC)c(C(F)(F)F)c1. The number of nitrogens with zero attached hydrogens (tertiary/aromatic N) is 1. The molecule has 0 amide bonds. The molecule has 1 aromatic carbocycles. The lowest BCUT2D eigenvalue weighted by Gasteiger charge is -2.16. The Morgan fingerprint density at radius 3 is 2.33 bits per heavy atom. The average molecular weight is 422 g/mol. The van der Waals surface area contributed by atoms with Crippen LogP contribution < -0.4 is 0 Å². The molecule has 0 N–H and O–H groups in total. The smallest absolute Gasteiger partial charge is 0.258 e. The van der Waals surface area contributed by atoms with Crippen LogP contribution in [0.1, 0.15) is 95.8 Å². The zero-order valence-electron chi connectivity index (χ0n) is 19.1. The van der Waals surface area contributed by atoms with Gasteiger partial charge in [0.05, 0.1) is 11.3 Å². The predicted octanol–water partition coefficient (Wildman–Crippen LogP) is 9.03. The van der Waals surface area contributed by atoms with Gasteiger partial charge in [0.15, 0.2) is 0 Å². The molecule has 1 unspecified atom stereocenters. The Bertz CT molecular complexity index is 713. The molecule has 0 heterocycles. The summed E-state index contributed by atoms with van der Waals surface area (Å²) in [7, 11) is 0. The molecule has 0 spiro atoms. The number of aliphatic imine (C=N–C) groups is 1.